The number of sulfone groups is 1. The molecule has 1 aromatic carbocycles. The smallest absolute Gasteiger partial charge is 0.152 e. The van der Waals surface area contributed by atoms with E-state index in [4.69, 9.17) is 5.73 Å². The van der Waals surface area contributed by atoms with Crippen LogP contribution < -0.4 is 5.73 Å². The van der Waals surface area contributed by atoms with Gasteiger partial charge >= 0.3 is 0 Å². The van der Waals surface area contributed by atoms with Gasteiger partial charge in [0.25, 0.3) is 0 Å². The van der Waals surface area contributed by atoms with Crippen LogP contribution in [0.25, 0.3) is 0 Å². The van der Waals surface area contributed by atoms with Crippen LogP contribution in [-0.2, 0) is 16.3 Å². The van der Waals surface area contributed by atoms with Gasteiger partial charge < -0.3 is 5.73 Å². The third-order valence-corrected chi connectivity index (χ3v) is 5.45. The number of rotatable bonds is 2. The lowest BCUT2D eigenvalue weighted by Crippen LogP contribution is -2.43. The Hall–Kier alpha value is -0.140. The van der Waals surface area contributed by atoms with E-state index in [1.54, 1.807) is 0 Å². The molecule has 1 atom stereocenters. The maximum absolute atomic E-state index is 11.4. The van der Waals surface area contributed by atoms with Crippen LogP contribution in [0.3, 0.4) is 0 Å². The lowest BCUT2D eigenvalue weighted by atomic mass is 9.91. The van der Waals surface area contributed by atoms with Crippen LogP contribution >= 0.6 is 22.6 Å². The van der Waals surface area contributed by atoms with E-state index in [2.05, 4.69) is 22.6 Å². The van der Waals surface area contributed by atoms with Crippen molar-refractivity contribution < 1.29 is 8.42 Å². The Morgan fingerprint density at radius 2 is 1.94 bits per heavy atom. The van der Waals surface area contributed by atoms with Crippen molar-refractivity contribution in [2.75, 3.05) is 11.5 Å². The summed E-state index contributed by atoms with van der Waals surface area (Å²) >= 11 is 2.24. The van der Waals surface area contributed by atoms with Gasteiger partial charge in [-0.25, -0.2) is 8.42 Å². The summed E-state index contributed by atoms with van der Waals surface area (Å²) in [4.78, 5) is 0. The summed E-state index contributed by atoms with van der Waals surface area (Å²) in [6, 6.07) is 8.06. The quantitative estimate of drug-likeness (QED) is 0.819. The van der Waals surface area contributed by atoms with Gasteiger partial charge in [-0.3, -0.25) is 0 Å². The molecule has 2 N–H and O–H groups in total. The van der Waals surface area contributed by atoms with Crippen LogP contribution in [0.1, 0.15) is 12.0 Å². The highest BCUT2D eigenvalue weighted by atomic mass is 127. The lowest BCUT2D eigenvalue weighted by molar-refractivity contribution is 0.476. The molecule has 3 nitrogen and oxygen atoms in total. The van der Waals surface area contributed by atoms with Crippen molar-refractivity contribution in [3.8, 4) is 0 Å². The highest BCUT2D eigenvalue weighted by molar-refractivity contribution is 14.1. The molecule has 0 amide bonds. The predicted octanol–water partition coefficient (Wildman–Crippen LogP) is 1.35. The van der Waals surface area contributed by atoms with Crippen LogP contribution in [0.15, 0.2) is 24.3 Å². The summed E-state index contributed by atoms with van der Waals surface area (Å²) in [6.45, 7) is 0. The fourth-order valence-electron chi connectivity index (χ4n) is 2.09. The number of benzene rings is 1. The molecule has 0 spiro atoms. The molecule has 2 rings (SSSR count). The summed E-state index contributed by atoms with van der Waals surface area (Å²) < 4.78 is 24.0. The Kier molecular flexibility index (Phi) is 3.29. The van der Waals surface area contributed by atoms with Gasteiger partial charge in [0, 0.05) is 9.11 Å². The molecule has 88 valence electrons. The van der Waals surface area contributed by atoms with Gasteiger partial charge in [0.1, 0.15) is 0 Å². The second kappa shape index (κ2) is 4.27. The summed E-state index contributed by atoms with van der Waals surface area (Å²) in [5.74, 6) is 0.347. The zero-order chi connectivity index (χ0) is 11.8. The first-order chi connectivity index (χ1) is 7.39. The maximum Gasteiger partial charge on any atom is 0.152 e. The molecule has 1 fully saturated rings. The van der Waals surface area contributed by atoms with E-state index in [0.29, 0.717) is 12.8 Å². The minimum Gasteiger partial charge on any atom is -0.324 e. The summed E-state index contributed by atoms with van der Waals surface area (Å²) in [5.41, 5.74) is 6.67. The predicted molar refractivity (Wildman–Crippen MR) is 73.1 cm³/mol. The first kappa shape index (κ1) is 12.3. The van der Waals surface area contributed by atoms with Crippen molar-refractivity contribution in [1.29, 1.82) is 0 Å². The third-order valence-electron chi connectivity index (χ3n) is 2.89. The molecule has 1 heterocycles. The summed E-state index contributed by atoms with van der Waals surface area (Å²) in [7, 11) is -2.91. The largest absolute Gasteiger partial charge is 0.324 e. The molecule has 0 bridgehead atoms. The molecule has 0 aliphatic carbocycles. The topological polar surface area (TPSA) is 60.2 Å². The molecule has 1 saturated heterocycles. The molecular weight excluding hydrogens is 337 g/mol. The fourth-order valence-corrected chi connectivity index (χ4v) is 4.43. The first-order valence-electron chi connectivity index (χ1n) is 5.12. The SMILES string of the molecule is NC1(Cc2ccc(I)cc2)CCS(=O)(=O)C1. The standard InChI is InChI=1S/C11H14INO2S/c12-10-3-1-9(2-4-10)7-11(13)5-6-16(14,15)8-11/h1-4H,5-8,13H2. The fraction of sp³-hybridized carbons (Fsp3) is 0.455. The molecule has 16 heavy (non-hydrogen) atoms. The lowest BCUT2D eigenvalue weighted by Gasteiger charge is -2.21. The number of nitrogens with two attached hydrogens (primary N) is 1. The van der Waals surface area contributed by atoms with Crippen LogP contribution in [-0.4, -0.2) is 25.5 Å². The average Bonchev–Trinajstić information content (AvgIpc) is 2.45. The van der Waals surface area contributed by atoms with Crippen molar-refractivity contribution in [3.63, 3.8) is 0 Å². The second-order valence-electron chi connectivity index (χ2n) is 4.51. The van der Waals surface area contributed by atoms with E-state index in [9.17, 15) is 8.42 Å². The van der Waals surface area contributed by atoms with Crippen molar-refractivity contribution in [2.45, 2.75) is 18.4 Å². The molecule has 1 aliphatic heterocycles. The Morgan fingerprint density at radius 3 is 2.44 bits per heavy atom. The number of hydrogen-bond donors (Lipinski definition) is 1. The zero-order valence-electron chi connectivity index (χ0n) is 8.82. The van der Waals surface area contributed by atoms with Crippen LogP contribution in [0.2, 0.25) is 0 Å². The first-order valence-corrected chi connectivity index (χ1v) is 8.02. The molecule has 5 heteroatoms. The molecule has 1 aromatic rings. The van der Waals surface area contributed by atoms with Crippen molar-refractivity contribution in [1.82, 2.24) is 0 Å². The third kappa shape index (κ3) is 2.95. The normalized spacial score (nSPS) is 28.1. The molecule has 0 radical (unpaired) electrons. The minimum atomic E-state index is -2.91. The van der Waals surface area contributed by atoms with E-state index < -0.39 is 15.4 Å². The van der Waals surface area contributed by atoms with Crippen LogP contribution in [0.5, 0.6) is 0 Å². The number of hydrogen-bond acceptors (Lipinski definition) is 3. The Bertz CT molecular complexity index is 483. The van der Waals surface area contributed by atoms with Crippen molar-refractivity contribution in [3.05, 3.63) is 33.4 Å². The van der Waals surface area contributed by atoms with Gasteiger partial charge in [-0.2, -0.15) is 0 Å². The van der Waals surface area contributed by atoms with Gasteiger partial charge in [0.2, 0.25) is 0 Å². The van der Waals surface area contributed by atoms with Gasteiger partial charge in [0.15, 0.2) is 9.84 Å². The Balaban J connectivity index is 2.13. The summed E-state index contributed by atoms with van der Waals surface area (Å²) in [6.07, 6.45) is 1.21. The molecule has 0 saturated carbocycles. The van der Waals surface area contributed by atoms with Gasteiger partial charge in [-0.05, 0) is 53.1 Å². The van der Waals surface area contributed by atoms with E-state index in [-0.39, 0.29) is 11.5 Å². The Morgan fingerprint density at radius 1 is 1.31 bits per heavy atom. The molecule has 1 aliphatic rings. The van der Waals surface area contributed by atoms with Crippen LogP contribution in [0.4, 0.5) is 0 Å². The second-order valence-corrected chi connectivity index (χ2v) is 7.94. The van der Waals surface area contributed by atoms with Crippen molar-refractivity contribution >= 4 is 32.4 Å². The zero-order valence-corrected chi connectivity index (χ0v) is 11.8. The van der Waals surface area contributed by atoms with E-state index in [1.807, 2.05) is 24.3 Å². The maximum atomic E-state index is 11.4. The van der Waals surface area contributed by atoms with Gasteiger partial charge in [0.05, 0.1) is 11.5 Å². The highest BCUT2D eigenvalue weighted by Crippen LogP contribution is 2.25. The number of halogens is 1. The Labute approximate surface area is 109 Å². The van der Waals surface area contributed by atoms with E-state index in [1.165, 1.54) is 3.57 Å². The minimum absolute atomic E-state index is 0.117. The summed E-state index contributed by atoms with van der Waals surface area (Å²) in [5, 5.41) is 0. The van der Waals surface area contributed by atoms with Gasteiger partial charge in [-0.15, -0.1) is 0 Å². The molecular formula is C11H14INO2S. The van der Waals surface area contributed by atoms with E-state index in [0.717, 1.165) is 5.56 Å². The molecule has 0 aromatic heterocycles. The highest BCUT2D eigenvalue weighted by Gasteiger charge is 2.38. The van der Waals surface area contributed by atoms with Crippen molar-refractivity contribution in [2.24, 2.45) is 5.73 Å². The van der Waals surface area contributed by atoms with E-state index >= 15 is 0 Å². The molecule has 1 unspecified atom stereocenters. The monoisotopic (exact) mass is 351 g/mol. The average molecular weight is 351 g/mol. The van der Waals surface area contributed by atoms with Gasteiger partial charge in [-0.1, -0.05) is 12.1 Å². The van der Waals surface area contributed by atoms with Crippen LogP contribution in [0, 0.1) is 3.57 Å².